The minimum Gasteiger partial charge on any atom is -0.380 e. The van der Waals surface area contributed by atoms with Gasteiger partial charge < -0.3 is 10.1 Å². The number of hydrogen-bond donors (Lipinski definition) is 1. The van der Waals surface area contributed by atoms with Gasteiger partial charge in [-0.1, -0.05) is 40.0 Å². The predicted molar refractivity (Wildman–Crippen MR) is 67.3 cm³/mol. The molecule has 0 saturated heterocycles. The molecule has 0 spiro atoms. The second-order valence-corrected chi connectivity index (χ2v) is 4.22. The van der Waals surface area contributed by atoms with Gasteiger partial charge in [0.15, 0.2) is 0 Å². The van der Waals surface area contributed by atoms with Crippen LogP contribution in [0.15, 0.2) is 0 Å². The summed E-state index contributed by atoms with van der Waals surface area (Å²) in [4.78, 5) is 0. The van der Waals surface area contributed by atoms with Gasteiger partial charge in [-0.2, -0.15) is 0 Å². The Morgan fingerprint density at radius 2 is 1.80 bits per heavy atom. The van der Waals surface area contributed by atoms with Crippen LogP contribution in [0.25, 0.3) is 0 Å². The topological polar surface area (TPSA) is 21.3 Å². The molecule has 15 heavy (non-hydrogen) atoms. The van der Waals surface area contributed by atoms with E-state index in [1.54, 1.807) is 0 Å². The molecule has 1 N–H and O–H groups in total. The first-order valence-electron chi connectivity index (χ1n) is 6.66. The van der Waals surface area contributed by atoms with Crippen molar-refractivity contribution in [1.29, 1.82) is 0 Å². The van der Waals surface area contributed by atoms with Gasteiger partial charge in [0, 0.05) is 12.6 Å². The van der Waals surface area contributed by atoms with Crippen molar-refractivity contribution in [3.05, 3.63) is 0 Å². The molecule has 0 heterocycles. The minimum absolute atomic E-state index is 0.566. The molecule has 0 aliphatic carbocycles. The molecule has 0 aliphatic heterocycles. The zero-order chi connectivity index (χ0) is 11.4. The van der Waals surface area contributed by atoms with E-state index in [0.717, 1.165) is 19.8 Å². The van der Waals surface area contributed by atoms with Crippen LogP contribution in [0, 0.1) is 0 Å². The van der Waals surface area contributed by atoms with Crippen molar-refractivity contribution in [2.75, 3.05) is 19.8 Å². The summed E-state index contributed by atoms with van der Waals surface area (Å²) in [5, 5.41) is 3.54. The van der Waals surface area contributed by atoms with Crippen molar-refractivity contribution < 1.29 is 4.74 Å². The number of nitrogens with one attached hydrogen (secondary N) is 1. The lowest BCUT2D eigenvalue weighted by Gasteiger charge is -2.17. The molecule has 0 amide bonds. The van der Waals surface area contributed by atoms with E-state index in [0.29, 0.717) is 6.04 Å². The fourth-order valence-electron chi connectivity index (χ4n) is 1.62. The first-order chi connectivity index (χ1) is 7.35. The Labute approximate surface area is 95.8 Å². The summed E-state index contributed by atoms with van der Waals surface area (Å²) in [5.74, 6) is 0. The van der Waals surface area contributed by atoms with Gasteiger partial charge >= 0.3 is 0 Å². The van der Waals surface area contributed by atoms with E-state index in [2.05, 4.69) is 26.1 Å². The van der Waals surface area contributed by atoms with Crippen LogP contribution in [0.2, 0.25) is 0 Å². The molecule has 1 unspecified atom stereocenters. The van der Waals surface area contributed by atoms with Crippen molar-refractivity contribution in [3.63, 3.8) is 0 Å². The van der Waals surface area contributed by atoms with Crippen LogP contribution in [0.4, 0.5) is 0 Å². The van der Waals surface area contributed by atoms with Gasteiger partial charge in [0.1, 0.15) is 0 Å². The summed E-state index contributed by atoms with van der Waals surface area (Å²) in [7, 11) is 0. The van der Waals surface area contributed by atoms with Crippen molar-refractivity contribution >= 4 is 0 Å². The van der Waals surface area contributed by atoms with E-state index in [4.69, 9.17) is 4.74 Å². The van der Waals surface area contributed by atoms with E-state index in [1.807, 2.05) is 0 Å². The SMILES string of the molecule is CCCCCOCC(CCC)NCCC. The van der Waals surface area contributed by atoms with Crippen LogP contribution < -0.4 is 5.32 Å². The summed E-state index contributed by atoms with van der Waals surface area (Å²) >= 11 is 0. The van der Waals surface area contributed by atoms with Crippen molar-refractivity contribution in [2.45, 2.75) is 65.3 Å². The lowest BCUT2D eigenvalue weighted by atomic mass is 10.2. The molecular formula is C13H29NO. The molecule has 0 bridgehead atoms. The van der Waals surface area contributed by atoms with Gasteiger partial charge in [-0.15, -0.1) is 0 Å². The third-order valence-electron chi connectivity index (χ3n) is 2.53. The number of rotatable bonds is 11. The van der Waals surface area contributed by atoms with E-state index in [1.165, 1.54) is 38.5 Å². The lowest BCUT2D eigenvalue weighted by Crippen LogP contribution is -2.34. The number of unbranched alkanes of at least 4 members (excludes halogenated alkanes) is 2. The van der Waals surface area contributed by atoms with Crippen molar-refractivity contribution in [3.8, 4) is 0 Å². The third kappa shape index (κ3) is 10.2. The van der Waals surface area contributed by atoms with E-state index >= 15 is 0 Å². The second-order valence-electron chi connectivity index (χ2n) is 4.22. The summed E-state index contributed by atoms with van der Waals surface area (Å²) in [6.07, 6.45) is 7.45. The Morgan fingerprint density at radius 1 is 1.00 bits per heavy atom. The highest BCUT2D eigenvalue weighted by molar-refractivity contribution is 4.64. The van der Waals surface area contributed by atoms with Gasteiger partial charge in [-0.05, 0) is 25.8 Å². The molecule has 0 rings (SSSR count). The quantitative estimate of drug-likeness (QED) is 0.534. The first kappa shape index (κ1) is 14.9. The molecule has 0 radical (unpaired) electrons. The van der Waals surface area contributed by atoms with Crippen LogP contribution in [-0.2, 0) is 4.74 Å². The Bertz CT molecular complexity index is 117. The maximum Gasteiger partial charge on any atom is 0.0619 e. The molecule has 2 nitrogen and oxygen atoms in total. The highest BCUT2D eigenvalue weighted by atomic mass is 16.5. The molecule has 0 saturated carbocycles. The second kappa shape index (κ2) is 12.0. The van der Waals surface area contributed by atoms with Gasteiger partial charge in [0.2, 0.25) is 0 Å². The highest BCUT2D eigenvalue weighted by Gasteiger charge is 2.05. The maximum atomic E-state index is 5.68. The fourth-order valence-corrected chi connectivity index (χ4v) is 1.62. The van der Waals surface area contributed by atoms with E-state index in [-0.39, 0.29) is 0 Å². The van der Waals surface area contributed by atoms with Crippen molar-refractivity contribution in [1.82, 2.24) is 5.32 Å². The Kier molecular flexibility index (Phi) is 11.9. The standard InChI is InChI=1S/C13H29NO/c1-4-7-8-11-15-12-13(9-5-2)14-10-6-3/h13-14H,4-12H2,1-3H3. The minimum atomic E-state index is 0.566. The molecule has 0 aromatic heterocycles. The molecule has 0 fully saturated rings. The molecule has 92 valence electrons. The molecule has 0 aliphatic rings. The van der Waals surface area contributed by atoms with E-state index < -0.39 is 0 Å². The first-order valence-corrected chi connectivity index (χ1v) is 6.66. The number of ether oxygens (including phenoxy) is 1. The molecular weight excluding hydrogens is 186 g/mol. The normalized spacial score (nSPS) is 13.0. The predicted octanol–water partition coefficient (Wildman–Crippen LogP) is 3.36. The summed E-state index contributed by atoms with van der Waals surface area (Å²) < 4.78 is 5.68. The summed E-state index contributed by atoms with van der Waals surface area (Å²) in [6, 6.07) is 0.566. The van der Waals surface area contributed by atoms with Crippen LogP contribution >= 0.6 is 0 Å². The summed E-state index contributed by atoms with van der Waals surface area (Å²) in [6.45, 7) is 9.60. The molecule has 2 heteroatoms. The molecule has 0 aromatic rings. The van der Waals surface area contributed by atoms with Gasteiger partial charge in [0.05, 0.1) is 6.61 Å². The highest BCUT2D eigenvalue weighted by Crippen LogP contribution is 2.00. The maximum absolute atomic E-state index is 5.68. The summed E-state index contributed by atoms with van der Waals surface area (Å²) in [5.41, 5.74) is 0. The zero-order valence-corrected chi connectivity index (χ0v) is 10.8. The zero-order valence-electron chi connectivity index (χ0n) is 10.8. The van der Waals surface area contributed by atoms with Crippen LogP contribution in [0.3, 0.4) is 0 Å². The van der Waals surface area contributed by atoms with Gasteiger partial charge in [-0.3, -0.25) is 0 Å². The molecule has 0 aromatic carbocycles. The average molecular weight is 215 g/mol. The Hall–Kier alpha value is -0.0800. The monoisotopic (exact) mass is 215 g/mol. The largest absolute Gasteiger partial charge is 0.380 e. The number of hydrogen-bond acceptors (Lipinski definition) is 2. The van der Waals surface area contributed by atoms with Crippen LogP contribution in [0.1, 0.15) is 59.3 Å². The van der Waals surface area contributed by atoms with Gasteiger partial charge in [-0.25, -0.2) is 0 Å². The van der Waals surface area contributed by atoms with Crippen LogP contribution in [-0.4, -0.2) is 25.8 Å². The van der Waals surface area contributed by atoms with Gasteiger partial charge in [0.25, 0.3) is 0 Å². The van der Waals surface area contributed by atoms with Crippen LogP contribution in [0.5, 0.6) is 0 Å². The Balaban J connectivity index is 3.38. The Morgan fingerprint density at radius 3 is 2.40 bits per heavy atom. The fraction of sp³-hybridized carbons (Fsp3) is 1.00. The molecule has 1 atom stereocenters. The smallest absolute Gasteiger partial charge is 0.0619 e. The van der Waals surface area contributed by atoms with E-state index in [9.17, 15) is 0 Å². The van der Waals surface area contributed by atoms with Crippen molar-refractivity contribution in [2.24, 2.45) is 0 Å². The third-order valence-corrected chi connectivity index (χ3v) is 2.53. The average Bonchev–Trinajstić information content (AvgIpc) is 2.25. The lowest BCUT2D eigenvalue weighted by molar-refractivity contribution is 0.105.